The third-order valence-electron chi connectivity index (χ3n) is 6.05. The second-order valence-corrected chi connectivity index (χ2v) is 10.9. The van der Waals surface area contributed by atoms with Gasteiger partial charge in [0.25, 0.3) is 5.56 Å². The predicted octanol–water partition coefficient (Wildman–Crippen LogP) is 5.74. The molecule has 1 unspecified atom stereocenters. The van der Waals surface area contributed by atoms with E-state index in [9.17, 15) is 28.2 Å². The quantitative estimate of drug-likeness (QED) is 0.155. The molecular formula is C27H33ClF3N3O3S. The topological polar surface area (TPSA) is 88.6 Å². The van der Waals surface area contributed by atoms with Crippen LogP contribution in [0.5, 0.6) is 5.75 Å². The van der Waals surface area contributed by atoms with E-state index in [1.165, 1.54) is 24.3 Å². The minimum atomic E-state index is -4.60. The Hall–Kier alpha value is -2.24. The van der Waals surface area contributed by atoms with Gasteiger partial charge in [-0.25, -0.2) is 0 Å². The summed E-state index contributed by atoms with van der Waals surface area (Å²) in [6.45, 7) is 2.69. The molecule has 3 rings (SSSR count). The number of hydrogen-bond donors (Lipinski definition) is 4. The fraction of sp³-hybridized carbons (Fsp3) is 0.444. The zero-order valence-corrected chi connectivity index (χ0v) is 22.9. The smallest absolute Gasteiger partial charge is 0.416 e. The fourth-order valence-corrected chi connectivity index (χ4v) is 5.34. The summed E-state index contributed by atoms with van der Waals surface area (Å²) >= 11 is 7.18. The molecule has 0 aliphatic rings. The number of thioether (sulfide) groups is 1. The lowest BCUT2D eigenvalue weighted by molar-refractivity contribution is -0.137. The SMILES string of the molecule is CN(C)CCCCNCCCC(O)CSc1c(-c2cc(Cl)ccc2O)c2cc(C(F)(F)F)ccc2[nH]c1=O. The number of aromatic amines is 1. The van der Waals surface area contributed by atoms with Crippen molar-refractivity contribution >= 4 is 34.3 Å². The molecular weight excluding hydrogens is 539 g/mol. The van der Waals surface area contributed by atoms with Gasteiger partial charge in [-0.1, -0.05) is 11.6 Å². The van der Waals surface area contributed by atoms with Crippen molar-refractivity contribution in [2.45, 2.75) is 42.9 Å². The number of benzene rings is 2. The van der Waals surface area contributed by atoms with Gasteiger partial charge in [-0.15, -0.1) is 11.8 Å². The van der Waals surface area contributed by atoms with E-state index in [-0.39, 0.29) is 43.5 Å². The van der Waals surface area contributed by atoms with Crippen molar-refractivity contribution in [3.05, 3.63) is 57.3 Å². The molecule has 1 aromatic heterocycles. The van der Waals surface area contributed by atoms with E-state index >= 15 is 0 Å². The number of pyridine rings is 1. The van der Waals surface area contributed by atoms with Crippen molar-refractivity contribution in [2.24, 2.45) is 0 Å². The molecule has 0 saturated carbocycles. The van der Waals surface area contributed by atoms with Crippen LogP contribution >= 0.6 is 23.4 Å². The number of aliphatic hydroxyl groups is 1. The monoisotopic (exact) mass is 571 g/mol. The zero-order chi connectivity index (χ0) is 27.9. The fourth-order valence-electron chi connectivity index (χ4n) is 4.09. The van der Waals surface area contributed by atoms with Crippen LogP contribution in [0.25, 0.3) is 22.0 Å². The van der Waals surface area contributed by atoms with Gasteiger partial charge in [-0.05, 0) is 95.8 Å². The summed E-state index contributed by atoms with van der Waals surface area (Å²) in [7, 11) is 4.08. The summed E-state index contributed by atoms with van der Waals surface area (Å²) in [6.07, 6.45) is -1.92. The van der Waals surface area contributed by atoms with Crippen molar-refractivity contribution in [1.82, 2.24) is 15.2 Å². The Balaban J connectivity index is 1.79. The molecule has 38 heavy (non-hydrogen) atoms. The Bertz CT molecular complexity index is 1280. The number of phenols is 1. The number of unbranched alkanes of at least 4 members (excludes halogenated alkanes) is 1. The molecule has 4 N–H and O–H groups in total. The van der Waals surface area contributed by atoms with Gasteiger partial charge < -0.3 is 25.4 Å². The number of alkyl halides is 3. The van der Waals surface area contributed by atoms with Gasteiger partial charge in [0.15, 0.2) is 0 Å². The van der Waals surface area contributed by atoms with Crippen LogP contribution in [0.1, 0.15) is 31.2 Å². The van der Waals surface area contributed by atoms with Gasteiger partial charge in [-0.3, -0.25) is 4.79 Å². The van der Waals surface area contributed by atoms with Crippen molar-refractivity contribution in [1.29, 1.82) is 0 Å². The second-order valence-electron chi connectivity index (χ2n) is 9.45. The first-order valence-corrected chi connectivity index (χ1v) is 13.8. The first kappa shape index (κ1) is 30.3. The Labute approximate surface area is 229 Å². The molecule has 0 fully saturated rings. The summed E-state index contributed by atoms with van der Waals surface area (Å²) in [5, 5.41) is 24.8. The van der Waals surface area contributed by atoms with Crippen LogP contribution in [-0.4, -0.2) is 65.7 Å². The van der Waals surface area contributed by atoms with E-state index in [0.29, 0.717) is 6.42 Å². The zero-order valence-electron chi connectivity index (χ0n) is 21.4. The first-order chi connectivity index (χ1) is 18.0. The first-order valence-electron chi connectivity index (χ1n) is 12.4. The van der Waals surface area contributed by atoms with Crippen molar-refractivity contribution in [3.63, 3.8) is 0 Å². The molecule has 208 valence electrons. The average molecular weight is 572 g/mol. The Morgan fingerprint density at radius 2 is 1.84 bits per heavy atom. The number of halogens is 4. The van der Waals surface area contributed by atoms with Crippen LogP contribution in [0.15, 0.2) is 46.1 Å². The van der Waals surface area contributed by atoms with E-state index < -0.39 is 23.4 Å². The summed E-state index contributed by atoms with van der Waals surface area (Å²) in [4.78, 5) is 17.9. The number of aliphatic hydroxyl groups excluding tert-OH is 1. The van der Waals surface area contributed by atoms with Crippen LogP contribution in [-0.2, 0) is 6.18 Å². The average Bonchev–Trinajstić information content (AvgIpc) is 2.84. The molecule has 0 saturated heterocycles. The molecule has 1 heterocycles. The number of rotatable bonds is 13. The highest BCUT2D eigenvalue weighted by Gasteiger charge is 2.31. The highest BCUT2D eigenvalue weighted by Crippen LogP contribution is 2.42. The molecule has 0 aliphatic carbocycles. The Morgan fingerprint density at radius 3 is 2.55 bits per heavy atom. The minimum absolute atomic E-state index is 0.104. The van der Waals surface area contributed by atoms with Crippen LogP contribution in [0, 0.1) is 0 Å². The predicted molar refractivity (Wildman–Crippen MR) is 148 cm³/mol. The molecule has 0 amide bonds. The van der Waals surface area contributed by atoms with Crippen molar-refractivity contribution in [2.75, 3.05) is 39.5 Å². The van der Waals surface area contributed by atoms with Gasteiger partial charge >= 0.3 is 6.18 Å². The van der Waals surface area contributed by atoms with E-state index in [1.54, 1.807) is 0 Å². The number of aromatic nitrogens is 1. The molecule has 2 aromatic carbocycles. The third kappa shape index (κ3) is 8.38. The van der Waals surface area contributed by atoms with E-state index in [1.807, 2.05) is 14.1 Å². The number of nitrogens with one attached hydrogen (secondary N) is 2. The molecule has 6 nitrogen and oxygen atoms in total. The lowest BCUT2D eigenvalue weighted by atomic mass is 9.98. The van der Waals surface area contributed by atoms with Crippen LogP contribution in [0.4, 0.5) is 13.2 Å². The molecule has 1 atom stereocenters. The summed E-state index contributed by atoms with van der Waals surface area (Å²) in [6, 6.07) is 7.23. The maximum absolute atomic E-state index is 13.5. The Kier molecular flexibility index (Phi) is 10.9. The lowest BCUT2D eigenvalue weighted by Gasteiger charge is -2.17. The van der Waals surface area contributed by atoms with Gasteiger partial charge in [0.05, 0.1) is 16.6 Å². The number of hydrogen-bond acceptors (Lipinski definition) is 6. The normalized spacial score (nSPS) is 12.9. The number of phenolic OH excluding ortho intramolecular Hbond substituents is 1. The second kappa shape index (κ2) is 13.7. The number of nitrogens with zero attached hydrogens (tertiary/aromatic N) is 1. The molecule has 0 spiro atoms. The summed E-state index contributed by atoms with van der Waals surface area (Å²) in [5.41, 5.74) is -0.929. The lowest BCUT2D eigenvalue weighted by Crippen LogP contribution is -2.21. The van der Waals surface area contributed by atoms with Gasteiger partial charge in [0.1, 0.15) is 5.75 Å². The maximum atomic E-state index is 13.5. The van der Waals surface area contributed by atoms with E-state index in [4.69, 9.17) is 11.6 Å². The third-order valence-corrected chi connectivity index (χ3v) is 7.51. The van der Waals surface area contributed by atoms with E-state index in [2.05, 4.69) is 15.2 Å². The minimum Gasteiger partial charge on any atom is -0.507 e. The summed E-state index contributed by atoms with van der Waals surface area (Å²) in [5.74, 6) is -0.0668. The molecule has 0 radical (unpaired) electrons. The van der Waals surface area contributed by atoms with Crippen LogP contribution in [0.3, 0.4) is 0 Å². The van der Waals surface area contributed by atoms with Gasteiger partial charge in [0, 0.05) is 32.8 Å². The number of H-pyrrole nitrogens is 1. The van der Waals surface area contributed by atoms with Crippen molar-refractivity contribution in [3.8, 4) is 16.9 Å². The van der Waals surface area contributed by atoms with E-state index in [0.717, 1.165) is 62.8 Å². The highest BCUT2D eigenvalue weighted by atomic mass is 35.5. The molecule has 0 bridgehead atoms. The van der Waals surface area contributed by atoms with Crippen LogP contribution in [0.2, 0.25) is 5.02 Å². The van der Waals surface area contributed by atoms with Crippen molar-refractivity contribution < 1.29 is 23.4 Å². The number of aromatic hydroxyl groups is 1. The maximum Gasteiger partial charge on any atom is 0.416 e. The summed E-state index contributed by atoms with van der Waals surface area (Å²) < 4.78 is 40.5. The van der Waals surface area contributed by atoms with Gasteiger partial charge in [-0.2, -0.15) is 13.2 Å². The Morgan fingerprint density at radius 1 is 1.11 bits per heavy atom. The standard InChI is InChI=1S/C27H33ClF3N3O3S/c1-34(2)13-4-3-11-32-12-5-6-19(35)16-38-25-24(21-15-18(28)8-10-23(21)36)20-14-17(27(29,30)31)7-9-22(20)33-26(25)37/h7-10,14-15,19,32,35-36H,3-6,11-13,16H2,1-2H3,(H,33,37). The number of fused-ring (bicyclic) bond motifs is 1. The van der Waals surface area contributed by atoms with Gasteiger partial charge in [0.2, 0.25) is 0 Å². The molecule has 0 aliphatic heterocycles. The molecule has 11 heteroatoms. The molecule has 3 aromatic rings. The van der Waals surface area contributed by atoms with Crippen LogP contribution < -0.4 is 10.9 Å². The highest BCUT2D eigenvalue weighted by molar-refractivity contribution is 7.99. The largest absolute Gasteiger partial charge is 0.507 e.